The van der Waals surface area contributed by atoms with E-state index in [0.29, 0.717) is 13.0 Å². The van der Waals surface area contributed by atoms with Gasteiger partial charge >= 0.3 is 12.1 Å². The number of aliphatic carboxylic acids is 1. The number of aromatic amines is 1. The normalized spacial score (nSPS) is 16.9. The first kappa shape index (κ1) is 21.4. The van der Waals surface area contributed by atoms with E-state index in [-0.39, 0.29) is 23.7 Å². The Hall–Kier alpha value is -2.91. The van der Waals surface area contributed by atoms with E-state index in [0.717, 1.165) is 17.1 Å². The van der Waals surface area contributed by atoms with E-state index < -0.39 is 12.1 Å². The molecule has 1 atom stereocenters. The van der Waals surface area contributed by atoms with Gasteiger partial charge in [-0.3, -0.25) is 4.79 Å². The predicted octanol–water partition coefficient (Wildman–Crippen LogP) is 3.57. The van der Waals surface area contributed by atoms with Crippen LogP contribution in [-0.4, -0.2) is 50.6 Å². The second-order valence-electron chi connectivity index (χ2n) is 6.54. The molecule has 1 aliphatic heterocycles. The van der Waals surface area contributed by atoms with Gasteiger partial charge in [0.15, 0.2) is 0 Å². The molecule has 3 rings (SSSR count). The number of nitrogens with one attached hydrogen (secondary N) is 1. The number of H-pyrrole nitrogens is 1. The third kappa shape index (κ3) is 5.30. The van der Waals surface area contributed by atoms with Crippen LogP contribution in [0.15, 0.2) is 30.5 Å². The molecule has 6 nitrogen and oxygen atoms in total. The SMILES string of the molecule is CC(C)N1CC(c2ncc(-c3cccc(F)c3)[nH]2)CC1=O.O=C(O)C(F)(F)F. The van der Waals surface area contributed by atoms with Crippen molar-refractivity contribution < 1.29 is 32.3 Å². The predicted molar refractivity (Wildman–Crippen MR) is 91.9 cm³/mol. The highest BCUT2D eigenvalue weighted by molar-refractivity contribution is 5.80. The Labute approximate surface area is 158 Å². The number of hydrogen-bond acceptors (Lipinski definition) is 3. The van der Waals surface area contributed by atoms with Crippen LogP contribution < -0.4 is 0 Å². The molecule has 1 aromatic carbocycles. The molecule has 1 fully saturated rings. The van der Waals surface area contributed by atoms with Crippen LogP contribution in [0, 0.1) is 5.82 Å². The summed E-state index contributed by atoms with van der Waals surface area (Å²) in [6.07, 6.45) is -2.90. The number of halogens is 4. The molecule has 10 heteroatoms. The molecule has 1 saturated heterocycles. The van der Waals surface area contributed by atoms with Crippen molar-refractivity contribution in [2.24, 2.45) is 0 Å². The van der Waals surface area contributed by atoms with Crippen LogP contribution in [0.4, 0.5) is 17.6 Å². The highest BCUT2D eigenvalue weighted by Crippen LogP contribution is 2.29. The fraction of sp³-hybridized carbons (Fsp3) is 0.389. The van der Waals surface area contributed by atoms with Crippen molar-refractivity contribution in [2.45, 2.75) is 38.4 Å². The van der Waals surface area contributed by atoms with Gasteiger partial charge in [0, 0.05) is 30.5 Å². The van der Waals surface area contributed by atoms with Gasteiger partial charge in [0.25, 0.3) is 0 Å². The number of carbonyl (C=O) groups is 2. The van der Waals surface area contributed by atoms with Crippen LogP contribution in [0.2, 0.25) is 0 Å². The maximum Gasteiger partial charge on any atom is 0.490 e. The van der Waals surface area contributed by atoms with Crippen molar-refractivity contribution in [2.75, 3.05) is 6.54 Å². The molecule has 1 aromatic heterocycles. The van der Waals surface area contributed by atoms with Gasteiger partial charge in [0.2, 0.25) is 5.91 Å². The van der Waals surface area contributed by atoms with E-state index in [1.165, 1.54) is 12.1 Å². The molecule has 1 unspecified atom stereocenters. The van der Waals surface area contributed by atoms with Crippen LogP contribution in [0.3, 0.4) is 0 Å². The Morgan fingerprint density at radius 3 is 2.50 bits per heavy atom. The molecule has 2 aromatic rings. The Balaban J connectivity index is 0.000000345. The minimum atomic E-state index is -5.08. The van der Waals surface area contributed by atoms with Crippen LogP contribution in [0.25, 0.3) is 11.3 Å². The number of carboxylic acid groups (broad SMARTS) is 1. The number of aromatic nitrogens is 2. The molecule has 0 bridgehead atoms. The zero-order valence-electron chi connectivity index (χ0n) is 15.1. The van der Waals surface area contributed by atoms with Gasteiger partial charge in [0.1, 0.15) is 11.6 Å². The van der Waals surface area contributed by atoms with E-state index >= 15 is 0 Å². The molecule has 152 valence electrons. The molecule has 0 aliphatic carbocycles. The maximum atomic E-state index is 13.3. The lowest BCUT2D eigenvalue weighted by Gasteiger charge is -2.20. The lowest BCUT2D eigenvalue weighted by Crippen LogP contribution is -2.31. The number of rotatable bonds is 3. The smallest absolute Gasteiger partial charge is 0.475 e. The van der Waals surface area contributed by atoms with Gasteiger partial charge in [-0.1, -0.05) is 12.1 Å². The van der Waals surface area contributed by atoms with Crippen molar-refractivity contribution in [3.63, 3.8) is 0 Å². The molecule has 1 amide bonds. The highest BCUT2D eigenvalue weighted by atomic mass is 19.4. The Morgan fingerprint density at radius 1 is 1.36 bits per heavy atom. The summed E-state index contributed by atoms with van der Waals surface area (Å²) in [6, 6.07) is 6.60. The molecule has 2 N–H and O–H groups in total. The largest absolute Gasteiger partial charge is 0.490 e. The molecule has 0 spiro atoms. The van der Waals surface area contributed by atoms with Gasteiger partial charge in [0.05, 0.1) is 11.9 Å². The number of carbonyl (C=O) groups excluding carboxylic acids is 1. The summed E-state index contributed by atoms with van der Waals surface area (Å²) in [5, 5.41) is 7.12. The van der Waals surface area contributed by atoms with Gasteiger partial charge < -0.3 is 15.0 Å². The van der Waals surface area contributed by atoms with Crippen molar-refractivity contribution in [1.29, 1.82) is 0 Å². The molecular weight excluding hydrogens is 382 g/mol. The first-order chi connectivity index (χ1) is 13.0. The molecule has 2 heterocycles. The summed E-state index contributed by atoms with van der Waals surface area (Å²) in [7, 11) is 0. The van der Waals surface area contributed by atoms with E-state index in [4.69, 9.17) is 9.90 Å². The van der Waals surface area contributed by atoms with Gasteiger partial charge in [-0.15, -0.1) is 0 Å². The number of nitrogens with zero attached hydrogens (tertiary/aromatic N) is 2. The Morgan fingerprint density at radius 2 is 2.00 bits per heavy atom. The first-order valence-electron chi connectivity index (χ1n) is 8.39. The minimum absolute atomic E-state index is 0.0854. The molecule has 28 heavy (non-hydrogen) atoms. The third-order valence-electron chi connectivity index (χ3n) is 4.14. The number of benzene rings is 1. The fourth-order valence-corrected chi connectivity index (χ4v) is 2.76. The Bertz CT molecular complexity index is 849. The number of likely N-dealkylation sites (tertiary alicyclic amines) is 1. The van der Waals surface area contributed by atoms with E-state index in [9.17, 15) is 22.4 Å². The number of imidazole rings is 1. The summed E-state index contributed by atoms with van der Waals surface area (Å²) < 4.78 is 45.0. The monoisotopic (exact) mass is 401 g/mol. The van der Waals surface area contributed by atoms with Crippen molar-refractivity contribution in [3.8, 4) is 11.3 Å². The quantitative estimate of drug-likeness (QED) is 0.770. The fourth-order valence-electron chi connectivity index (χ4n) is 2.76. The topological polar surface area (TPSA) is 86.3 Å². The van der Waals surface area contributed by atoms with E-state index in [1.807, 2.05) is 24.8 Å². The van der Waals surface area contributed by atoms with Crippen molar-refractivity contribution in [1.82, 2.24) is 14.9 Å². The maximum absolute atomic E-state index is 13.3. The average Bonchev–Trinajstić information content (AvgIpc) is 3.21. The lowest BCUT2D eigenvalue weighted by molar-refractivity contribution is -0.192. The van der Waals surface area contributed by atoms with Crippen molar-refractivity contribution >= 4 is 11.9 Å². The second kappa shape index (κ2) is 8.41. The van der Waals surface area contributed by atoms with Crippen LogP contribution >= 0.6 is 0 Å². The van der Waals surface area contributed by atoms with Gasteiger partial charge in [-0.2, -0.15) is 13.2 Å². The van der Waals surface area contributed by atoms with E-state index in [1.54, 1.807) is 12.3 Å². The van der Waals surface area contributed by atoms with Crippen LogP contribution in [-0.2, 0) is 9.59 Å². The first-order valence-corrected chi connectivity index (χ1v) is 8.39. The number of carboxylic acids is 1. The summed E-state index contributed by atoms with van der Waals surface area (Å²) in [5.41, 5.74) is 1.54. The van der Waals surface area contributed by atoms with Crippen LogP contribution in [0.5, 0.6) is 0 Å². The molecule has 1 aliphatic rings. The Kier molecular flexibility index (Phi) is 6.42. The van der Waals surface area contributed by atoms with Gasteiger partial charge in [-0.05, 0) is 26.0 Å². The summed E-state index contributed by atoms with van der Waals surface area (Å²) >= 11 is 0. The number of hydrogen-bond donors (Lipinski definition) is 2. The summed E-state index contributed by atoms with van der Waals surface area (Å²) in [5.74, 6) is -1.98. The number of alkyl halides is 3. The minimum Gasteiger partial charge on any atom is -0.475 e. The molecule has 0 radical (unpaired) electrons. The second-order valence-corrected chi connectivity index (χ2v) is 6.54. The third-order valence-corrected chi connectivity index (χ3v) is 4.14. The zero-order chi connectivity index (χ0) is 21.1. The van der Waals surface area contributed by atoms with Crippen LogP contribution in [0.1, 0.15) is 32.0 Å². The summed E-state index contributed by atoms with van der Waals surface area (Å²) in [4.78, 5) is 30.3. The van der Waals surface area contributed by atoms with Crippen molar-refractivity contribution in [3.05, 3.63) is 42.1 Å². The molecular formula is C18H19F4N3O3. The molecule has 0 saturated carbocycles. The number of amides is 1. The zero-order valence-corrected chi connectivity index (χ0v) is 15.1. The standard InChI is InChI=1S/C16H18FN3O.C2HF3O2/c1-10(2)20-9-12(7-15(20)21)16-18-8-14(19-16)11-4-3-5-13(17)6-11;3-2(4,5)1(6)7/h3-6,8,10,12H,7,9H2,1-2H3,(H,18,19);(H,6,7). The highest BCUT2D eigenvalue weighted by Gasteiger charge is 2.38. The summed E-state index contributed by atoms with van der Waals surface area (Å²) in [6.45, 7) is 4.72. The lowest BCUT2D eigenvalue weighted by atomic mass is 10.1. The average molecular weight is 401 g/mol. The van der Waals surface area contributed by atoms with E-state index in [2.05, 4.69) is 9.97 Å². The van der Waals surface area contributed by atoms with Gasteiger partial charge in [-0.25, -0.2) is 14.2 Å².